The third-order valence-electron chi connectivity index (χ3n) is 3.08. The van der Waals surface area contributed by atoms with Gasteiger partial charge in [0, 0.05) is 30.9 Å². The molecule has 1 saturated heterocycles. The number of hydrogen-bond donors (Lipinski definition) is 1. The summed E-state index contributed by atoms with van der Waals surface area (Å²) in [6.45, 7) is 5.91. The Morgan fingerprint density at radius 1 is 1.56 bits per heavy atom. The van der Waals surface area contributed by atoms with E-state index < -0.39 is 0 Å². The lowest BCUT2D eigenvalue weighted by Crippen LogP contribution is -2.53. The molecule has 1 fully saturated rings. The fraction of sp³-hybridized carbons (Fsp3) is 0.538. The lowest BCUT2D eigenvalue weighted by molar-refractivity contribution is -0.135. The number of rotatable bonds is 3. The zero-order valence-electron chi connectivity index (χ0n) is 11.1. The molecule has 1 N–H and O–H groups in total. The molecule has 0 saturated carbocycles. The van der Waals surface area contributed by atoms with E-state index in [1.807, 2.05) is 30.9 Å². The summed E-state index contributed by atoms with van der Waals surface area (Å²) in [5.74, 6) is 0.914. The summed E-state index contributed by atoms with van der Waals surface area (Å²) in [7, 11) is 1.64. The van der Waals surface area contributed by atoms with Gasteiger partial charge in [0.05, 0.1) is 25.4 Å². The van der Waals surface area contributed by atoms with Crippen molar-refractivity contribution in [3.05, 3.63) is 23.5 Å². The van der Waals surface area contributed by atoms with Gasteiger partial charge in [0.15, 0.2) is 0 Å². The number of carbonyl (C=O) groups excluding carboxylic acids is 1. The summed E-state index contributed by atoms with van der Waals surface area (Å²) in [4.78, 5) is 18.3. The molecule has 0 aromatic carbocycles. The van der Waals surface area contributed by atoms with Gasteiger partial charge in [-0.05, 0) is 13.8 Å². The molecule has 1 amide bonds. The molecule has 5 heteroatoms. The normalized spacial score (nSPS) is 20.1. The highest BCUT2D eigenvalue weighted by Crippen LogP contribution is 2.15. The van der Waals surface area contributed by atoms with Crippen LogP contribution in [-0.4, -0.2) is 42.0 Å². The van der Waals surface area contributed by atoms with E-state index in [2.05, 4.69) is 10.3 Å². The second-order valence-electron chi connectivity index (χ2n) is 4.58. The zero-order valence-corrected chi connectivity index (χ0v) is 11.1. The van der Waals surface area contributed by atoms with E-state index in [1.165, 1.54) is 0 Å². The standard InChI is InChI=1S/C13H19N3O2/c1-9-6-12(18-3)7-11(15-9)8-16-5-4-14-10(2)13(16)17/h6-7,10,14H,4-5,8H2,1-3H3. The number of ether oxygens (including phenoxy) is 1. The number of nitrogens with one attached hydrogen (secondary N) is 1. The predicted molar refractivity (Wildman–Crippen MR) is 68.4 cm³/mol. The van der Waals surface area contributed by atoms with Crippen LogP contribution in [-0.2, 0) is 11.3 Å². The van der Waals surface area contributed by atoms with Crippen LogP contribution in [0.5, 0.6) is 5.75 Å². The molecule has 2 rings (SSSR count). The Labute approximate surface area is 107 Å². The first-order chi connectivity index (χ1) is 8.60. The van der Waals surface area contributed by atoms with Crippen molar-refractivity contribution in [3.63, 3.8) is 0 Å². The van der Waals surface area contributed by atoms with Crippen LogP contribution in [0.4, 0.5) is 0 Å². The third-order valence-corrected chi connectivity index (χ3v) is 3.08. The van der Waals surface area contributed by atoms with E-state index in [1.54, 1.807) is 7.11 Å². The fourth-order valence-electron chi connectivity index (χ4n) is 2.14. The average Bonchev–Trinajstić information content (AvgIpc) is 2.34. The number of hydrogen-bond acceptors (Lipinski definition) is 4. The minimum atomic E-state index is -0.106. The van der Waals surface area contributed by atoms with Crippen LogP contribution < -0.4 is 10.1 Å². The highest BCUT2D eigenvalue weighted by atomic mass is 16.5. The molecule has 1 aliphatic rings. The fourth-order valence-corrected chi connectivity index (χ4v) is 2.14. The van der Waals surface area contributed by atoms with Gasteiger partial charge in [-0.2, -0.15) is 0 Å². The Bertz CT molecular complexity index is 448. The first-order valence-electron chi connectivity index (χ1n) is 6.14. The number of carbonyl (C=O) groups is 1. The average molecular weight is 249 g/mol. The van der Waals surface area contributed by atoms with E-state index in [0.717, 1.165) is 30.2 Å². The predicted octanol–water partition coefficient (Wildman–Crippen LogP) is 0.719. The van der Waals surface area contributed by atoms with E-state index in [0.29, 0.717) is 6.54 Å². The number of pyridine rings is 1. The molecule has 1 atom stereocenters. The van der Waals surface area contributed by atoms with Crippen molar-refractivity contribution in [2.45, 2.75) is 26.4 Å². The first kappa shape index (κ1) is 12.8. The van der Waals surface area contributed by atoms with Crippen LogP contribution >= 0.6 is 0 Å². The van der Waals surface area contributed by atoms with E-state index >= 15 is 0 Å². The monoisotopic (exact) mass is 249 g/mol. The molecule has 18 heavy (non-hydrogen) atoms. The zero-order chi connectivity index (χ0) is 13.1. The van der Waals surface area contributed by atoms with Crippen molar-refractivity contribution in [2.75, 3.05) is 20.2 Å². The minimum Gasteiger partial charge on any atom is -0.497 e. The summed E-state index contributed by atoms with van der Waals surface area (Å²) < 4.78 is 5.22. The Morgan fingerprint density at radius 3 is 3.06 bits per heavy atom. The molecule has 1 aliphatic heterocycles. The van der Waals surface area contributed by atoms with Crippen molar-refractivity contribution in [2.24, 2.45) is 0 Å². The molecule has 1 aromatic rings. The molecular weight excluding hydrogens is 230 g/mol. The number of aromatic nitrogens is 1. The maximum absolute atomic E-state index is 12.0. The first-order valence-corrected chi connectivity index (χ1v) is 6.14. The van der Waals surface area contributed by atoms with Gasteiger partial charge in [-0.15, -0.1) is 0 Å². The van der Waals surface area contributed by atoms with Gasteiger partial charge in [-0.3, -0.25) is 9.78 Å². The van der Waals surface area contributed by atoms with Crippen molar-refractivity contribution in [3.8, 4) is 5.75 Å². The molecule has 0 bridgehead atoms. The summed E-state index contributed by atoms with van der Waals surface area (Å²) in [6.07, 6.45) is 0. The minimum absolute atomic E-state index is 0.106. The Kier molecular flexibility index (Phi) is 3.81. The lowest BCUT2D eigenvalue weighted by atomic mass is 10.2. The second kappa shape index (κ2) is 5.35. The van der Waals surface area contributed by atoms with E-state index in [4.69, 9.17) is 4.74 Å². The lowest BCUT2D eigenvalue weighted by Gasteiger charge is -2.31. The van der Waals surface area contributed by atoms with E-state index in [9.17, 15) is 4.79 Å². The molecule has 98 valence electrons. The number of amides is 1. The number of aryl methyl sites for hydroxylation is 1. The third kappa shape index (κ3) is 2.79. The highest BCUT2D eigenvalue weighted by Gasteiger charge is 2.24. The van der Waals surface area contributed by atoms with Crippen LogP contribution in [0.25, 0.3) is 0 Å². The SMILES string of the molecule is COc1cc(C)nc(CN2CCNC(C)C2=O)c1. The van der Waals surface area contributed by atoms with Crippen molar-refractivity contribution < 1.29 is 9.53 Å². The Hall–Kier alpha value is -1.62. The maximum Gasteiger partial charge on any atom is 0.239 e. The van der Waals surface area contributed by atoms with Gasteiger partial charge >= 0.3 is 0 Å². The smallest absolute Gasteiger partial charge is 0.239 e. The highest BCUT2D eigenvalue weighted by molar-refractivity contribution is 5.82. The van der Waals surface area contributed by atoms with Crippen molar-refractivity contribution in [1.82, 2.24) is 15.2 Å². The van der Waals surface area contributed by atoms with Gasteiger partial charge in [0.25, 0.3) is 0 Å². The molecular formula is C13H19N3O2. The van der Waals surface area contributed by atoms with Crippen molar-refractivity contribution in [1.29, 1.82) is 0 Å². The second-order valence-corrected chi connectivity index (χ2v) is 4.58. The van der Waals surface area contributed by atoms with Crippen LogP contribution in [0, 0.1) is 6.92 Å². The molecule has 5 nitrogen and oxygen atoms in total. The molecule has 0 radical (unpaired) electrons. The summed E-state index contributed by atoms with van der Waals surface area (Å²) in [6, 6.07) is 3.66. The van der Waals surface area contributed by atoms with Gasteiger partial charge in [0.2, 0.25) is 5.91 Å². The molecule has 0 aliphatic carbocycles. The number of nitrogens with zero attached hydrogens (tertiary/aromatic N) is 2. The van der Waals surface area contributed by atoms with E-state index in [-0.39, 0.29) is 11.9 Å². The van der Waals surface area contributed by atoms with Crippen LogP contribution in [0.3, 0.4) is 0 Å². The van der Waals surface area contributed by atoms with Gasteiger partial charge in [0.1, 0.15) is 5.75 Å². The molecule has 1 unspecified atom stereocenters. The Morgan fingerprint density at radius 2 is 2.33 bits per heavy atom. The van der Waals surface area contributed by atoms with Gasteiger partial charge < -0.3 is 15.0 Å². The summed E-state index contributed by atoms with van der Waals surface area (Å²) in [5, 5.41) is 3.15. The summed E-state index contributed by atoms with van der Waals surface area (Å²) in [5.41, 5.74) is 1.77. The van der Waals surface area contributed by atoms with Crippen LogP contribution in [0.2, 0.25) is 0 Å². The quantitative estimate of drug-likeness (QED) is 0.857. The molecule has 2 heterocycles. The van der Waals surface area contributed by atoms with Crippen LogP contribution in [0.1, 0.15) is 18.3 Å². The van der Waals surface area contributed by atoms with Crippen molar-refractivity contribution >= 4 is 5.91 Å². The largest absolute Gasteiger partial charge is 0.497 e. The summed E-state index contributed by atoms with van der Waals surface area (Å²) >= 11 is 0. The van der Waals surface area contributed by atoms with Crippen LogP contribution in [0.15, 0.2) is 12.1 Å². The topological polar surface area (TPSA) is 54.5 Å². The van der Waals surface area contributed by atoms with Gasteiger partial charge in [-0.1, -0.05) is 0 Å². The molecule has 0 spiro atoms. The number of methoxy groups -OCH3 is 1. The number of piperazine rings is 1. The maximum atomic E-state index is 12.0. The Balaban J connectivity index is 2.13. The van der Waals surface area contributed by atoms with Gasteiger partial charge in [-0.25, -0.2) is 0 Å². The molecule has 1 aromatic heterocycles.